The lowest BCUT2D eigenvalue weighted by Crippen LogP contribution is -2.04. The fourth-order valence-corrected chi connectivity index (χ4v) is 2.39. The predicted octanol–water partition coefficient (Wildman–Crippen LogP) is 3.91. The first-order chi connectivity index (χ1) is 9.08. The molecule has 0 aliphatic carbocycles. The fourth-order valence-electron chi connectivity index (χ4n) is 1.36. The minimum Gasteiger partial charge on any atom is -0.469 e. The minimum absolute atomic E-state index is 0.163. The summed E-state index contributed by atoms with van der Waals surface area (Å²) < 4.78 is 4.58. The largest absolute Gasteiger partial charge is 0.469 e. The van der Waals surface area contributed by atoms with Crippen molar-refractivity contribution in [3.05, 3.63) is 39.3 Å². The Kier molecular flexibility index (Phi) is 4.63. The summed E-state index contributed by atoms with van der Waals surface area (Å²) in [5.74, 6) is -0.314. The summed E-state index contributed by atoms with van der Waals surface area (Å²) in [7, 11) is 1.35. The van der Waals surface area contributed by atoms with Crippen molar-refractivity contribution in [2.75, 3.05) is 12.4 Å². The summed E-state index contributed by atoms with van der Waals surface area (Å²) in [5, 5.41) is 6.54. The average Bonchev–Trinajstić information content (AvgIpc) is 2.81. The van der Waals surface area contributed by atoms with E-state index in [0.29, 0.717) is 20.9 Å². The molecule has 1 heterocycles. The van der Waals surface area contributed by atoms with Gasteiger partial charge < -0.3 is 10.1 Å². The molecule has 0 unspecified atom stereocenters. The Labute approximate surface area is 124 Å². The van der Waals surface area contributed by atoms with Crippen molar-refractivity contribution in [2.45, 2.75) is 6.42 Å². The second-order valence-corrected chi connectivity index (χ2v) is 5.32. The summed E-state index contributed by atoms with van der Waals surface area (Å²) in [4.78, 5) is 15.4. The van der Waals surface area contributed by atoms with Crippen molar-refractivity contribution >= 4 is 51.3 Å². The number of carbonyl (C=O) groups excluding carboxylic acids is 1. The van der Waals surface area contributed by atoms with Crippen molar-refractivity contribution in [3.63, 3.8) is 0 Å². The van der Waals surface area contributed by atoms with Gasteiger partial charge >= 0.3 is 5.97 Å². The maximum Gasteiger partial charge on any atom is 0.311 e. The number of nitrogens with one attached hydrogen (secondary N) is 1. The number of thiazole rings is 1. The number of esters is 1. The molecule has 0 saturated carbocycles. The lowest BCUT2D eigenvalue weighted by molar-refractivity contribution is -0.139. The van der Waals surface area contributed by atoms with Gasteiger partial charge in [-0.2, -0.15) is 0 Å². The number of halogens is 2. The van der Waals surface area contributed by atoms with Gasteiger partial charge in [0.1, 0.15) is 0 Å². The van der Waals surface area contributed by atoms with Gasteiger partial charge in [-0.3, -0.25) is 4.79 Å². The van der Waals surface area contributed by atoms with Crippen LogP contribution in [0.5, 0.6) is 0 Å². The van der Waals surface area contributed by atoms with E-state index in [1.54, 1.807) is 23.6 Å². The Balaban J connectivity index is 2.07. The molecule has 0 spiro atoms. The molecular weight excluding hydrogens is 307 g/mol. The van der Waals surface area contributed by atoms with Crippen LogP contribution in [-0.2, 0) is 16.0 Å². The van der Waals surface area contributed by atoms with Crippen LogP contribution in [0.2, 0.25) is 10.0 Å². The summed E-state index contributed by atoms with van der Waals surface area (Å²) >= 11 is 13.2. The number of hydrogen-bond acceptors (Lipinski definition) is 5. The van der Waals surface area contributed by atoms with Gasteiger partial charge in [-0.25, -0.2) is 4.98 Å². The van der Waals surface area contributed by atoms with Crippen LogP contribution < -0.4 is 5.32 Å². The van der Waals surface area contributed by atoms with Crippen molar-refractivity contribution in [1.82, 2.24) is 4.98 Å². The standard InChI is InChI=1S/C12H10Cl2N2O2S/c1-18-11(17)5-8-6-19-12(16-8)15-7-2-3-9(13)10(14)4-7/h2-4,6H,5H2,1H3,(H,15,16). The lowest BCUT2D eigenvalue weighted by atomic mass is 10.3. The van der Waals surface area contributed by atoms with Crippen LogP contribution in [0.1, 0.15) is 5.69 Å². The molecule has 7 heteroatoms. The van der Waals surface area contributed by atoms with E-state index >= 15 is 0 Å². The summed E-state index contributed by atoms with van der Waals surface area (Å²) in [6.07, 6.45) is 0.163. The van der Waals surface area contributed by atoms with Crippen molar-refractivity contribution < 1.29 is 9.53 Å². The number of anilines is 2. The number of methoxy groups -OCH3 is 1. The summed E-state index contributed by atoms with van der Waals surface area (Å²) in [6, 6.07) is 5.22. The molecule has 0 aliphatic rings. The summed E-state index contributed by atoms with van der Waals surface area (Å²) in [5.41, 5.74) is 1.45. The van der Waals surface area contributed by atoms with Crippen LogP contribution in [0.15, 0.2) is 23.6 Å². The maximum atomic E-state index is 11.1. The molecule has 2 rings (SSSR count). The normalized spacial score (nSPS) is 10.3. The summed E-state index contributed by atoms with van der Waals surface area (Å²) in [6.45, 7) is 0. The SMILES string of the molecule is COC(=O)Cc1csc(Nc2ccc(Cl)c(Cl)c2)n1. The van der Waals surface area contributed by atoms with Gasteiger partial charge in [0, 0.05) is 11.1 Å². The number of rotatable bonds is 4. The molecule has 0 fully saturated rings. The van der Waals surface area contributed by atoms with Gasteiger partial charge in [-0.15, -0.1) is 11.3 Å². The van der Waals surface area contributed by atoms with E-state index in [0.717, 1.165) is 5.69 Å². The first-order valence-electron chi connectivity index (χ1n) is 5.32. The number of aromatic nitrogens is 1. The lowest BCUT2D eigenvalue weighted by Gasteiger charge is -2.03. The first kappa shape index (κ1) is 14.1. The first-order valence-corrected chi connectivity index (χ1v) is 6.95. The van der Waals surface area contributed by atoms with Crippen molar-refractivity contribution in [2.24, 2.45) is 0 Å². The van der Waals surface area contributed by atoms with Gasteiger partial charge in [-0.05, 0) is 18.2 Å². The molecule has 0 atom stereocenters. The van der Waals surface area contributed by atoms with E-state index in [4.69, 9.17) is 23.2 Å². The monoisotopic (exact) mass is 316 g/mol. The van der Waals surface area contributed by atoms with Gasteiger partial charge in [0.25, 0.3) is 0 Å². The zero-order valence-electron chi connectivity index (χ0n) is 9.94. The smallest absolute Gasteiger partial charge is 0.311 e. The van der Waals surface area contributed by atoms with Gasteiger partial charge in [0.2, 0.25) is 0 Å². The third-order valence-corrected chi connectivity index (χ3v) is 3.82. The third kappa shape index (κ3) is 3.83. The zero-order chi connectivity index (χ0) is 13.8. The third-order valence-electron chi connectivity index (χ3n) is 2.28. The molecule has 0 bridgehead atoms. The quantitative estimate of drug-likeness (QED) is 0.869. The Morgan fingerprint density at radius 1 is 1.42 bits per heavy atom. The highest BCUT2D eigenvalue weighted by molar-refractivity contribution is 7.13. The Bertz CT molecular complexity index is 601. The highest BCUT2D eigenvalue weighted by atomic mass is 35.5. The number of ether oxygens (including phenoxy) is 1. The van der Waals surface area contributed by atoms with E-state index in [2.05, 4.69) is 15.0 Å². The molecule has 1 N–H and O–H groups in total. The topological polar surface area (TPSA) is 51.2 Å². The van der Waals surface area contributed by atoms with Crippen molar-refractivity contribution in [1.29, 1.82) is 0 Å². The zero-order valence-corrected chi connectivity index (χ0v) is 12.3. The Morgan fingerprint density at radius 2 is 2.21 bits per heavy atom. The van der Waals surface area contributed by atoms with Crippen LogP contribution in [0.4, 0.5) is 10.8 Å². The van der Waals surface area contributed by atoms with E-state index < -0.39 is 0 Å². The molecule has 0 amide bonds. The predicted molar refractivity (Wildman–Crippen MR) is 77.6 cm³/mol. The minimum atomic E-state index is -0.314. The molecule has 2 aromatic rings. The van der Waals surface area contributed by atoms with Crippen LogP contribution in [0.25, 0.3) is 0 Å². The maximum absolute atomic E-state index is 11.1. The van der Waals surface area contributed by atoms with Crippen LogP contribution in [0.3, 0.4) is 0 Å². The van der Waals surface area contributed by atoms with Gasteiger partial charge in [0.05, 0.1) is 29.3 Å². The van der Waals surface area contributed by atoms with Crippen molar-refractivity contribution in [3.8, 4) is 0 Å². The average molecular weight is 317 g/mol. The van der Waals surface area contributed by atoms with E-state index in [1.807, 2.05) is 0 Å². The molecule has 19 heavy (non-hydrogen) atoms. The van der Waals surface area contributed by atoms with Gasteiger partial charge in [-0.1, -0.05) is 23.2 Å². The molecule has 4 nitrogen and oxygen atoms in total. The Hall–Kier alpha value is -1.30. The van der Waals surface area contributed by atoms with E-state index in [-0.39, 0.29) is 12.4 Å². The van der Waals surface area contributed by atoms with Crippen LogP contribution in [0, 0.1) is 0 Å². The number of nitrogens with zero attached hydrogens (tertiary/aromatic N) is 1. The second-order valence-electron chi connectivity index (χ2n) is 3.65. The molecular formula is C12H10Cl2N2O2S. The molecule has 1 aromatic carbocycles. The van der Waals surface area contributed by atoms with Crippen LogP contribution >= 0.6 is 34.5 Å². The molecule has 1 aromatic heterocycles. The molecule has 100 valence electrons. The van der Waals surface area contributed by atoms with E-state index in [9.17, 15) is 4.79 Å². The number of carbonyl (C=O) groups is 1. The highest BCUT2D eigenvalue weighted by Crippen LogP contribution is 2.28. The number of benzene rings is 1. The van der Waals surface area contributed by atoms with Gasteiger partial charge in [0.15, 0.2) is 5.13 Å². The fraction of sp³-hybridized carbons (Fsp3) is 0.167. The second kappa shape index (κ2) is 6.23. The number of hydrogen-bond donors (Lipinski definition) is 1. The van der Waals surface area contributed by atoms with E-state index in [1.165, 1.54) is 18.4 Å². The Morgan fingerprint density at radius 3 is 2.89 bits per heavy atom. The highest BCUT2D eigenvalue weighted by Gasteiger charge is 2.08. The molecule has 0 aliphatic heterocycles. The van der Waals surface area contributed by atoms with Crippen LogP contribution in [-0.4, -0.2) is 18.1 Å². The molecule has 0 radical (unpaired) electrons. The molecule has 0 saturated heterocycles.